The highest BCUT2D eigenvalue weighted by Crippen LogP contribution is 2.33. The first-order valence-corrected chi connectivity index (χ1v) is 9.54. The van der Waals surface area contributed by atoms with Gasteiger partial charge in [-0.15, -0.1) is 0 Å². The predicted molar refractivity (Wildman–Crippen MR) is 108 cm³/mol. The van der Waals surface area contributed by atoms with E-state index in [9.17, 15) is 9.59 Å². The van der Waals surface area contributed by atoms with E-state index in [0.29, 0.717) is 36.8 Å². The standard InChI is InChI=1S/C21H23ClN2O4/c1-15-13-23(18-12-17(22)7-8-19(18)28-14-21(26)27)9-10-24(15)20(25)11-16-5-3-2-4-6-16/h2-8,12,15H,9-11,13-14H2,1H3,(H,26,27)/t15-/m1/s1. The Morgan fingerprint density at radius 3 is 2.61 bits per heavy atom. The van der Waals surface area contributed by atoms with Gasteiger partial charge in [0.2, 0.25) is 5.91 Å². The van der Waals surface area contributed by atoms with Crippen molar-refractivity contribution in [2.24, 2.45) is 0 Å². The number of hydrogen-bond donors (Lipinski definition) is 1. The Balaban J connectivity index is 1.69. The molecule has 6 nitrogen and oxygen atoms in total. The molecule has 0 unspecified atom stereocenters. The van der Waals surface area contributed by atoms with E-state index in [1.165, 1.54) is 0 Å². The SMILES string of the molecule is C[C@@H]1CN(c2cc(Cl)ccc2OCC(=O)O)CCN1C(=O)Cc1ccccc1. The molecule has 0 bridgehead atoms. The summed E-state index contributed by atoms with van der Waals surface area (Å²) in [4.78, 5) is 27.5. The maximum absolute atomic E-state index is 12.7. The number of carboxylic acids is 1. The molecule has 1 aliphatic rings. The van der Waals surface area contributed by atoms with Crippen molar-refractivity contribution in [2.75, 3.05) is 31.1 Å². The first-order chi connectivity index (χ1) is 13.4. The number of benzene rings is 2. The smallest absolute Gasteiger partial charge is 0.341 e. The van der Waals surface area contributed by atoms with E-state index in [-0.39, 0.29) is 11.9 Å². The van der Waals surface area contributed by atoms with Gasteiger partial charge in [0.1, 0.15) is 5.75 Å². The number of ether oxygens (including phenoxy) is 1. The van der Waals surface area contributed by atoms with Crippen LogP contribution in [0, 0.1) is 0 Å². The summed E-state index contributed by atoms with van der Waals surface area (Å²) in [6.45, 7) is 3.41. The lowest BCUT2D eigenvalue weighted by atomic mass is 10.1. The number of amides is 1. The summed E-state index contributed by atoms with van der Waals surface area (Å²) in [6.07, 6.45) is 0.384. The number of piperazine rings is 1. The van der Waals surface area contributed by atoms with E-state index < -0.39 is 12.6 Å². The van der Waals surface area contributed by atoms with Gasteiger partial charge in [-0.2, -0.15) is 0 Å². The summed E-state index contributed by atoms with van der Waals surface area (Å²) in [6, 6.07) is 14.8. The van der Waals surface area contributed by atoms with Gasteiger partial charge in [-0.1, -0.05) is 41.9 Å². The van der Waals surface area contributed by atoms with E-state index in [4.69, 9.17) is 21.4 Å². The van der Waals surface area contributed by atoms with Gasteiger partial charge < -0.3 is 19.6 Å². The lowest BCUT2D eigenvalue weighted by Gasteiger charge is -2.41. The zero-order valence-corrected chi connectivity index (χ0v) is 16.4. The van der Waals surface area contributed by atoms with Gasteiger partial charge in [-0.05, 0) is 30.7 Å². The zero-order chi connectivity index (χ0) is 20.1. The summed E-state index contributed by atoms with van der Waals surface area (Å²) < 4.78 is 5.41. The molecule has 148 valence electrons. The molecule has 1 atom stereocenters. The lowest BCUT2D eigenvalue weighted by Crippen LogP contribution is -2.54. The Morgan fingerprint density at radius 1 is 1.18 bits per heavy atom. The summed E-state index contributed by atoms with van der Waals surface area (Å²) in [5, 5.41) is 9.43. The number of halogens is 1. The molecule has 0 radical (unpaired) electrons. The Hall–Kier alpha value is -2.73. The summed E-state index contributed by atoms with van der Waals surface area (Å²) >= 11 is 6.14. The van der Waals surface area contributed by atoms with E-state index in [2.05, 4.69) is 4.90 Å². The molecule has 28 heavy (non-hydrogen) atoms. The Morgan fingerprint density at radius 2 is 1.93 bits per heavy atom. The van der Waals surface area contributed by atoms with Crippen molar-refractivity contribution in [2.45, 2.75) is 19.4 Å². The van der Waals surface area contributed by atoms with Crippen LogP contribution in [0.15, 0.2) is 48.5 Å². The molecule has 1 heterocycles. The van der Waals surface area contributed by atoms with Crippen LogP contribution >= 0.6 is 11.6 Å². The number of nitrogens with zero attached hydrogens (tertiary/aromatic N) is 2. The highest BCUT2D eigenvalue weighted by atomic mass is 35.5. The Bertz CT molecular complexity index is 844. The lowest BCUT2D eigenvalue weighted by molar-refractivity contribution is -0.139. The number of aliphatic carboxylic acids is 1. The van der Waals surface area contributed by atoms with Gasteiger partial charge in [-0.25, -0.2) is 4.79 Å². The summed E-state index contributed by atoms with van der Waals surface area (Å²) in [5.74, 6) is -0.458. The molecular weight excluding hydrogens is 380 g/mol. The highest BCUT2D eigenvalue weighted by molar-refractivity contribution is 6.30. The van der Waals surface area contributed by atoms with Crippen LogP contribution in [0.1, 0.15) is 12.5 Å². The van der Waals surface area contributed by atoms with Crippen LogP contribution in [0.25, 0.3) is 0 Å². The van der Waals surface area contributed by atoms with Crippen molar-refractivity contribution in [3.8, 4) is 5.75 Å². The van der Waals surface area contributed by atoms with Crippen LogP contribution in [0.3, 0.4) is 0 Å². The molecule has 1 saturated heterocycles. The number of anilines is 1. The number of rotatable bonds is 6. The van der Waals surface area contributed by atoms with E-state index >= 15 is 0 Å². The Labute approximate surface area is 169 Å². The monoisotopic (exact) mass is 402 g/mol. The van der Waals surface area contributed by atoms with Crippen molar-refractivity contribution in [3.63, 3.8) is 0 Å². The number of carbonyl (C=O) groups excluding carboxylic acids is 1. The predicted octanol–water partition coefficient (Wildman–Crippen LogP) is 3.08. The second-order valence-electron chi connectivity index (χ2n) is 6.84. The topological polar surface area (TPSA) is 70.1 Å². The molecule has 0 aliphatic carbocycles. The van der Waals surface area contributed by atoms with Crippen LogP contribution in [0.2, 0.25) is 5.02 Å². The molecule has 1 aliphatic heterocycles. The van der Waals surface area contributed by atoms with Gasteiger partial charge in [0.05, 0.1) is 12.1 Å². The largest absolute Gasteiger partial charge is 0.480 e. The second kappa shape index (κ2) is 8.97. The molecule has 3 rings (SSSR count). The molecule has 0 spiro atoms. The van der Waals surface area contributed by atoms with Crippen LogP contribution in [0.5, 0.6) is 5.75 Å². The molecule has 2 aromatic rings. The molecule has 1 fully saturated rings. The van der Waals surface area contributed by atoms with Crippen molar-refractivity contribution in [1.29, 1.82) is 0 Å². The fourth-order valence-electron chi connectivity index (χ4n) is 3.42. The minimum Gasteiger partial charge on any atom is -0.480 e. The van der Waals surface area contributed by atoms with Gasteiger partial charge in [0.15, 0.2) is 6.61 Å². The second-order valence-corrected chi connectivity index (χ2v) is 7.28. The fraction of sp³-hybridized carbons (Fsp3) is 0.333. The van der Waals surface area contributed by atoms with E-state index in [0.717, 1.165) is 11.3 Å². The van der Waals surface area contributed by atoms with Gasteiger partial charge in [0, 0.05) is 30.7 Å². The Kier molecular flexibility index (Phi) is 6.41. The minimum absolute atomic E-state index is 0.0104. The fourth-order valence-corrected chi connectivity index (χ4v) is 3.58. The normalized spacial score (nSPS) is 16.7. The van der Waals surface area contributed by atoms with Gasteiger partial charge >= 0.3 is 5.97 Å². The molecule has 1 amide bonds. The van der Waals surface area contributed by atoms with Crippen molar-refractivity contribution >= 4 is 29.2 Å². The van der Waals surface area contributed by atoms with E-state index in [1.54, 1.807) is 18.2 Å². The maximum atomic E-state index is 12.7. The van der Waals surface area contributed by atoms with Crippen LogP contribution in [-0.4, -0.2) is 54.2 Å². The third-order valence-electron chi connectivity index (χ3n) is 4.76. The third-order valence-corrected chi connectivity index (χ3v) is 4.99. The van der Waals surface area contributed by atoms with Gasteiger partial charge in [-0.3, -0.25) is 4.79 Å². The molecule has 0 aromatic heterocycles. The van der Waals surface area contributed by atoms with Crippen LogP contribution in [0.4, 0.5) is 5.69 Å². The first kappa shape index (κ1) is 20.0. The summed E-state index contributed by atoms with van der Waals surface area (Å²) in [7, 11) is 0. The molecule has 7 heteroatoms. The first-order valence-electron chi connectivity index (χ1n) is 9.16. The summed E-state index contributed by atoms with van der Waals surface area (Å²) in [5.41, 5.74) is 1.75. The number of hydrogen-bond acceptors (Lipinski definition) is 4. The number of carbonyl (C=O) groups is 2. The maximum Gasteiger partial charge on any atom is 0.341 e. The quantitative estimate of drug-likeness (QED) is 0.804. The minimum atomic E-state index is -1.04. The molecule has 2 aromatic carbocycles. The van der Waals surface area contributed by atoms with Crippen LogP contribution < -0.4 is 9.64 Å². The van der Waals surface area contributed by atoms with Crippen molar-refractivity contribution < 1.29 is 19.4 Å². The average Bonchev–Trinajstić information content (AvgIpc) is 2.67. The molecule has 1 N–H and O–H groups in total. The zero-order valence-electron chi connectivity index (χ0n) is 15.7. The molecular formula is C21H23ClN2O4. The highest BCUT2D eigenvalue weighted by Gasteiger charge is 2.29. The average molecular weight is 403 g/mol. The third kappa shape index (κ3) is 4.95. The molecule has 0 saturated carbocycles. The van der Waals surface area contributed by atoms with Gasteiger partial charge in [0.25, 0.3) is 0 Å². The van der Waals surface area contributed by atoms with Crippen molar-refractivity contribution in [1.82, 2.24) is 4.90 Å². The number of carboxylic acid groups (broad SMARTS) is 1. The van der Waals surface area contributed by atoms with Crippen molar-refractivity contribution in [3.05, 3.63) is 59.1 Å². The van der Waals surface area contributed by atoms with E-state index in [1.807, 2.05) is 42.2 Å². The van der Waals surface area contributed by atoms with Crippen LogP contribution in [-0.2, 0) is 16.0 Å².